The second-order valence-corrected chi connectivity index (χ2v) is 5.05. The Balaban J connectivity index is 2.18. The van der Waals surface area contributed by atoms with E-state index in [1.165, 1.54) is 24.3 Å². The Hall–Kier alpha value is -2.70. The van der Waals surface area contributed by atoms with Crippen LogP contribution < -0.4 is 5.32 Å². The SMILES string of the molecule is Cc1ccc2nc(C(F)(F)F)nc(Nc3cccc(F)c3)c2c1. The molecule has 0 radical (unpaired) electrons. The number of hydrogen-bond acceptors (Lipinski definition) is 3. The summed E-state index contributed by atoms with van der Waals surface area (Å²) in [6.07, 6.45) is -4.67. The van der Waals surface area contributed by atoms with Crippen LogP contribution in [0.4, 0.5) is 29.1 Å². The second kappa shape index (κ2) is 5.49. The first-order valence-corrected chi connectivity index (χ1v) is 6.71. The van der Waals surface area contributed by atoms with Gasteiger partial charge in [-0.05, 0) is 37.3 Å². The number of nitrogens with zero attached hydrogens (tertiary/aromatic N) is 2. The van der Waals surface area contributed by atoms with Gasteiger partial charge in [-0.1, -0.05) is 17.7 Å². The molecule has 0 spiro atoms. The Morgan fingerprint density at radius 2 is 1.78 bits per heavy atom. The highest BCUT2D eigenvalue weighted by molar-refractivity contribution is 5.91. The number of aromatic nitrogens is 2. The number of aryl methyl sites for hydroxylation is 1. The average molecular weight is 321 g/mol. The Labute approximate surface area is 129 Å². The van der Waals surface area contributed by atoms with Crippen molar-refractivity contribution in [3.63, 3.8) is 0 Å². The zero-order valence-corrected chi connectivity index (χ0v) is 11.9. The lowest BCUT2D eigenvalue weighted by Gasteiger charge is -2.13. The van der Waals surface area contributed by atoms with E-state index in [2.05, 4.69) is 15.3 Å². The molecule has 0 aliphatic rings. The van der Waals surface area contributed by atoms with Crippen molar-refractivity contribution in [2.45, 2.75) is 13.1 Å². The van der Waals surface area contributed by atoms with Gasteiger partial charge in [0.25, 0.3) is 0 Å². The molecular weight excluding hydrogens is 310 g/mol. The van der Waals surface area contributed by atoms with Gasteiger partial charge in [-0.2, -0.15) is 13.2 Å². The molecule has 3 rings (SSSR count). The molecule has 7 heteroatoms. The lowest BCUT2D eigenvalue weighted by Crippen LogP contribution is -2.12. The predicted molar refractivity (Wildman–Crippen MR) is 79.0 cm³/mol. The predicted octanol–water partition coefficient (Wildman–Crippen LogP) is 4.84. The Bertz CT molecular complexity index is 875. The van der Waals surface area contributed by atoms with Gasteiger partial charge in [0.1, 0.15) is 11.6 Å². The Kier molecular flexibility index (Phi) is 3.63. The van der Waals surface area contributed by atoms with Crippen molar-refractivity contribution in [2.24, 2.45) is 0 Å². The summed E-state index contributed by atoms with van der Waals surface area (Å²) in [5.41, 5.74) is 1.32. The second-order valence-electron chi connectivity index (χ2n) is 5.05. The highest BCUT2D eigenvalue weighted by Gasteiger charge is 2.35. The zero-order valence-electron chi connectivity index (χ0n) is 11.9. The minimum Gasteiger partial charge on any atom is -0.340 e. The van der Waals surface area contributed by atoms with Crippen LogP contribution in [0.2, 0.25) is 0 Å². The molecule has 1 aromatic heterocycles. The molecule has 3 nitrogen and oxygen atoms in total. The highest BCUT2D eigenvalue weighted by atomic mass is 19.4. The standard InChI is InChI=1S/C16H11F4N3/c1-9-5-6-13-12(7-9)14(23-15(22-13)16(18,19)20)21-11-4-2-3-10(17)8-11/h2-8H,1H3,(H,21,22,23). The molecule has 0 unspecified atom stereocenters. The summed E-state index contributed by atoms with van der Waals surface area (Å²) in [6, 6.07) is 10.3. The van der Waals surface area contributed by atoms with Crippen LogP contribution in [-0.2, 0) is 6.18 Å². The van der Waals surface area contributed by atoms with Crippen LogP contribution in [0.25, 0.3) is 10.9 Å². The van der Waals surface area contributed by atoms with Crippen LogP contribution in [-0.4, -0.2) is 9.97 Å². The van der Waals surface area contributed by atoms with Gasteiger partial charge in [0.2, 0.25) is 5.82 Å². The fourth-order valence-electron chi connectivity index (χ4n) is 2.17. The van der Waals surface area contributed by atoms with Crippen molar-refractivity contribution in [3.05, 3.63) is 59.7 Å². The number of anilines is 2. The first-order chi connectivity index (χ1) is 10.8. The van der Waals surface area contributed by atoms with Crippen molar-refractivity contribution in [1.82, 2.24) is 9.97 Å². The van der Waals surface area contributed by atoms with Crippen molar-refractivity contribution in [2.75, 3.05) is 5.32 Å². The largest absolute Gasteiger partial charge is 0.451 e. The molecule has 0 fully saturated rings. The van der Waals surface area contributed by atoms with E-state index in [-0.39, 0.29) is 11.3 Å². The third-order valence-electron chi connectivity index (χ3n) is 3.19. The van der Waals surface area contributed by atoms with Gasteiger partial charge < -0.3 is 5.32 Å². The summed E-state index contributed by atoms with van der Waals surface area (Å²) in [5.74, 6) is -1.76. The number of rotatable bonds is 2. The number of hydrogen-bond donors (Lipinski definition) is 1. The molecule has 0 aliphatic carbocycles. The van der Waals surface area contributed by atoms with Crippen LogP contribution >= 0.6 is 0 Å². The maximum absolute atomic E-state index is 13.3. The molecule has 0 saturated heterocycles. The van der Waals surface area contributed by atoms with E-state index in [4.69, 9.17) is 0 Å². The third kappa shape index (κ3) is 3.23. The van der Waals surface area contributed by atoms with Gasteiger partial charge in [0, 0.05) is 11.1 Å². The number of fused-ring (bicyclic) bond motifs is 1. The molecule has 23 heavy (non-hydrogen) atoms. The number of alkyl halides is 3. The van der Waals surface area contributed by atoms with Gasteiger partial charge in [0.15, 0.2) is 0 Å². The summed E-state index contributed by atoms with van der Waals surface area (Å²) in [5, 5.41) is 3.17. The number of benzene rings is 2. The first-order valence-electron chi connectivity index (χ1n) is 6.71. The first kappa shape index (κ1) is 15.2. The fraction of sp³-hybridized carbons (Fsp3) is 0.125. The number of halogens is 4. The van der Waals surface area contributed by atoms with E-state index >= 15 is 0 Å². The molecule has 0 saturated carbocycles. The molecule has 1 heterocycles. The smallest absolute Gasteiger partial charge is 0.340 e. The lowest BCUT2D eigenvalue weighted by atomic mass is 10.1. The fourth-order valence-corrected chi connectivity index (χ4v) is 2.17. The van der Waals surface area contributed by atoms with Crippen molar-refractivity contribution in [3.8, 4) is 0 Å². The van der Waals surface area contributed by atoms with Crippen molar-refractivity contribution < 1.29 is 17.6 Å². The van der Waals surface area contributed by atoms with Crippen LogP contribution in [0.15, 0.2) is 42.5 Å². The summed E-state index contributed by atoms with van der Waals surface area (Å²) in [4.78, 5) is 7.13. The van der Waals surface area contributed by atoms with Crippen LogP contribution in [0.1, 0.15) is 11.4 Å². The molecule has 0 aliphatic heterocycles. The van der Waals surface area contributed by atoms with Gasteiger partial charge in [0.05, 0.1) is 5.52 Å². The number of nitrogens with one attached hydrogen (secondary N) is 1. The van der Waals surface area contributed by atoms with Crippen molar-refractivity contribution >= 4 is 22.4 Å². The quantitative estimate of drug-likeness (QED) is 0.686. The molecular formula is C16H11F4N3. The monoisotopic (exact) mass is 321 g/mol. The summed E-state index contributed by atoms with van der Waals surface area (Å²) < 4.78 is 52.2. The lowest BCUT2D eigenvalue weighted by molar-refractivity contribution is -0.144. The molecule has 0 amide bonds. The maximum Gasteiger partial charge on any atom is 0.451 e. The molecule has 118 valence electrons. The van der Waals surface area contributed by atoms with E-state index in [0.717, 1.165) is 5.56 Å². The van der Waals surface area contributed by atoms with E-state index in [0.29, 0.717) is 11.1 Å². The average Bonchev–Trinajstić information content (AvgIpc) is 2.46. The molecule has 0 bridgehead atoms. The minimum absolute atomic E-state index is 0.0170. The Morgan fingerprint density at radius 3 is 2.48 bits per heavy atom. The molecule has 0 atom stereocenters. The van der Waals surface area contributed by atoms with E-state index in [1.807, 2.05) is 6.92 Å². The third-order valence-corrected chi connectivity index (χ3v) is 3.19. The minimum atomic E-state index is -4.67. The van der Waals surface area contributed by atoms with E-state index in [1.54, 1.807) is 18.2 Å². The summed E-state index contributed by atoms with van der Waals surface area (Å²) >= 11 is 0. The summed E-state index contributed by atoms with van der Waals surface area (Å²) in [7, 11) is 0. The zero-order chi connectivity index (χ0) is 16.6. The topological polar surface area (TPSA) is 37.8 Å². The van der Waals surface area contributed by atoms with Gasteiger partial charge in [-0.3, -0.25) is 0 Å². The van der Waals surface area contributed by atoms with Crippen molar-refractivity contribution in [1.29, 1.82) is 0 Å². The Morgan fingerprint density at radius 1 is 1.00 bits per heavy atom. The van der Waals surface area contributed by atoms with E-state index < -0.39 is 17.8 Å². The normalized spacial score (nSPS) is 11.7. The molecule has 1 N–H and O–H groups in total. The van der Waals surface area contributed by atoms with Crippen LogP contribution in [0.3, 0.4) is 0 Å². The van der Waals surface area contributed by atoms with Gasteiger partial charge in [-0.25, -0.2) is 14.4 Å². The van der Waals surface area contributed by atoms with E-state index in [9.17, 15) is 17.6 Å². The maximum atomic E-state index is 13.3. The summed E-state index contributed by atoms with van der Waals surface area (Å²) in [6.45, 7) is 1.81. The molecule has 2 aromatic carbocycles. The van der Waals surface area contributed by atoms with Crippen LogP contribution in [0, 0.1) is 12.7 Å². The van der Waals surface area contributed by atoms with Gasteiger partial charge in [-0.15, -0.1) is 0 Å². The molecule has 3 aromatic rings. The highest BCUT2D eigenvalue weighted by Crippen LogP contribution is 2.31. The van der Waals surface area contributed by atoms with Crippen LogP contribution in [0.5, 0.6) is 0 Å². The van der Waals surface area contributed by atoms with Gasteiger partial charge >= 0.3 is 6.18 Å².